The third-order valence-electron chi connectivity index (χ3n) is 4.12. The van der Waals surface area contributed by atoms with Crippen LogP contribution < -0.4 is 4.74 Å². The first-order valence-corrected chi connectivity index (χ1v) is 8.77. The molecule has 0 atom stereocenters. The molecule has 0 bridgehead atoms. The molecule has 0 radical (unpaired) electrons. The van der Waals surface area contributed by atoms with Crippen LogP contribution in [0.25, 0.3) is 21.7 Å². The van der Waals surface area contributed by atoms with E-state index < -0.39 is 5.97 Å². The number of esters is 1. The Morgan fingerprint density at radius 2 is 1.89 bits per heavy atom. The van der Waals surface area contributed by atoms with E-state index in [4.69, 9.17) is 21.1 Å². The number of pyridine rings is 2. The fraction of sp³-hybridized carbons (Fsp3) is 0.0952. The van der Waals surface area contributed by atoms with Gasteiger partial charge in [0.1, 0.15) is 19.0 Å². The average molecular weight is 379 g/mol. The zero-order valence-corrected chi connectivity index (χ0v) is 15.0. The number of halogens is 1. The van der Waals surface area contributed by atoms with E-state index in [0.29, 0.717) is 21.7 Å². The third kappa shape index (κ3) is 3.68. The monoisotopic (exact) mass is 378 g/mol. The van der Waals surface area contributed by atoms with Gasteiger partial charge in [-0.1, -0.05) is 23.7 Å². The Hall–Kier alpha value is -3.18. The maximum atomic E-state index is 12.5. The van der Waals surface area contributed by atoms with E-state index in [1.54, 1.807) is 42.9 Å². The van der Waals surface area contributed by atoms with Gasteiger partial charge in [-0.2, -0.15) is 0 Å². The molecule has 134 valence electrons. The molecule has 2 aromatic carbocycles. The third-order valence-corrected chi connectivity index (χ3v) is 4.34. The predicted molar refractivity (Wildman–Crippen MR) is 104 cm³/mol. The Balaban J connectivity index is 1.43. The highest BCUT2D eigenvalue weighted by molar-refractivity contribution is 6.32. The normalized spacial score (nSPS) is 10.9. The molecule has 0 saturated carbocycles. The maximum Gasteiger partial charge on any atom is 0.338 e. The summed E-state index contributed by atoms with van der Waals surface area (Å²) in [7, 11) is 0. The van der Waals surface area contributed by atoms with E-state index in [2.05, 4.69) is 9.97 Å². The highest BCUT2D eigenvalue weighted by Gasteiger charge is 2.13. The van der Waals surface area contributed by atoms with Crippen molar-refractivity contribution in [2.75, 3.05) is 13.2 Å². The quantitative estimate of drug-likeness (QED) is 0.373. The van der Waals surface area contributed by atoms with E-state index >= 15 is 0 Å². The number of hydrogen-bond donors (Lipinski definition) is 0. The van der Waals surface area contributed by atoms with Crippen LogP contribution in [0.4, 0.5) is 0 Å². The molecule has 0 unspecified atom stereocenters. The van der Waals surface area contributed by atoms with Gasteiger partial charge in [0.25, 0.3) is 0 Å². The van der Waals surface area contributed by atoms with Crippen LogP contribution in [-0.2, 0) is 4.74 Å². The van der Waals surface area contributed by atoms with Crippen molar-refractivity contribution in [1.29, 1.82) is 0 Å². The highest BCUT2D eigenvalue weighted by atomic mass is 35.5. The van der Waals surface area contributed by atoms with Gasteiger partial charge in [-0.3, -0.25) is 9.97 Å². The van der Waals surface area contributed by atoms with E-state index in [-0.39, 0.29) is 13.2 Å². The molecule has 2 heterocycles. The largest absolute Gasteiger partial charge is 0.489 e. The van der Waals surface area contributed by atoms with Crippen LogP contribution in [0, 0.1) is 0 Å². The van der Waals surface area contributed by atoms with Crippen molar-refractivity contribution >= 4 is 39.2 Å². The molecule has 0 spiro atoms. The Morgan fingerprint density at radius 1 is 1.00 bits per heavy atom. The molecular formula is C21H15ClN2O3. The fourth-order valence-electron chi connectivity index (χ4n) is 2.89. The van der Waals surface area contributed by atoms with Crippen LogP contribution in [0.2, 0.25) is 5.02 Å². The number of nitrogens with zero attached hydrogens (tertiary/aromatic N) is 2. The van der Waals surface area contributed by atoms with Crippen LogP contribution in [0.15, 0.2) is 67.1 Å². The van der Waals surface area contributed by atoms with Gasteiger partial charge in [0.15, 0.2) is 0 Å². The Bertz CT molecular complexity index is 1130. The first kappa shape index (κ1) is 17.2. The van der Waals surface area contributed by atoms with Crippen molar-refractivity contribution in [3.63, 3.8) is 0 Å². The van der Waals surface area contributed by atoms with Gasteiger partial charge in [0, 0.05) is 34.4 Å². The predicted octanol–water partition coefficient (Wildman–Crippen LogP) is 4.67. The molecule has 6 heteroatoms. The zero-order chi connectivity index (χ0) is 18.6. The average Bonchev–Trinajstić information content (AvgIpc) is 2.70. The summed E-state index contributed by atoms with van der Waals surface area (Å²) in [6.45, 7) is 0.347. The summed E-state index contributed by atoms with van der Waals surface area (Å²) in [5, 5.41) is 2.93. The molecule has 2 aromatic heterocycles. The van der Waals surface area contributed by atoms with Crippen molar-refractivity contribution in [3.05, 3.63) is 77.7 Å². The SMILES string of the molecule is O=C(OCCOc1ccnc2ccccc12)c1cc(Cl)cc2ccncc12. The molecule has 0 saturated heterocycles. The molecule has 27 heavy (non-hydrogen) atoms. The summed E-state index contributed by atoms with van der Waals surface area (Å²) in [5.74, 6) is 0.243. The number of aromatic nitrogens is 2. The maximum absolute atomic E-state index is 12.5. The number of rotatable bonds is 5. The minimum atomic E-state index is -0.460. The number of para-hydroxylation sites is 1. The minimum absolute atomic E-state index is 0.115. The van der Waals surface area contributed by atoms with Crippen LogP contribution in [0.5, 0.6) is 5.75 Å². The summed E-state index contributed by atoms with van der Waals surface area (Å²) >= 11 is 6.11. The number of benzene rings is 2. The van der Waals surface area contributed by atoms with E-state index in [1.165, 1.54) is 0 Å². The fourth-order valence-corrected chi connectivity index (χ4v) is 3.12. The molecule has 0 aliphatic heterocycles. The van der Waals surface area contributed by atoms with Crippen molar-refractivity contribution < 1.29 is 14.3 Å². The highest BCUT2D eigenvalue weighted by Crippen LogP contribution is 2.25. The Labute approximate surface area is 160 Å². The molecule has 0 N–H and O–H groups in total. The van der Waals surface area contributed by atoms with E-state index in [0.717, 1.165) is 16.3 Å². The standard InChI is InChI=1S/C21H15ClN2O3/c22-15-11-14-5-7-23-13-18(14)17(12-15)21(25)27-10-9-26-20-6-8-24-19-4-2-1-3-16(19)20/h1-8,11-13H,9-10H2. The van der Waals surface area contributed by atoms with Gasteiger partial charge in [0.2, 0.25) is 0 Å². The van der Waals surface area contributed by atoms with Gasteiger partial charge in [-0.15, -0.1) is 0 Å². The minimum Gasteiger partial charge on any atom is -0.489 e. The summed E-state index contributed by atoms with van der Waals surface area (Å²) < 4.78 is 11.1. The van der Waals surface area contributed by atoms with Crippen LogP contribution >= 0.6 is 11.6 Å². The van der Waals surface area contributed by atoms with Crippen LogP contribution in [0.3, 0.4) is 0 Å². The van der Waals surface area contributed by atoms with E-state index in [1.807, 2.05) is 24.3 Å². The van der Waals surface area contributed by atoms with Crippen molar-refractivity contribution in [1.82, 2.24) is 9.97 Å². The van der Waals surface area contributed by atoms with Crippen LogP contribution in [-0.4, -0.2) is 29.2 Å². The molecule has 0 amide bonds. The van der Waals surface area contributed by atoms with Gasteiger partial charge >= 0.3 is 5.97 Å². The number of carbonyl (C=O) groups excluding carboxylic acids is 1. The summed E-state index contributed by atoms with van der Waals surface area (Å²) in [4.78, 5) is 20.8. The number of fused-ring (bicyclic) bond motifs is 2. The lowest BCUT2D eigenvalue weighted by Crippen LogP contribution is -2.13. The number of ether oxygens (including phenoxy) is 2. The summed E-state index contributed by atoms with van der Waals surface area (Å²) in [5.41, 5.74) is 1.24. The van der Waals surface area contributed by atoms with Crippen molar-refractivity contribution in [3.8, 4) is 5.75 Å². The number of hydrogen-bond acceptors (Lipinski definition) is 5. The van der Waals surface area contributed by atoms with E-state index in [9.17, 15) is 4.79 Å². The molecule has 4 rings (SSSR count). The summed E-state index contributed by atoms with van der Waals surface area (Å²) in [6, 6.07) is 14.7. The lowest BCUT2D eigenvalue weighted by atomic mass is 10.1. The lowest BCUT2D eigenvalue weighted by molar-refractivity contribution is 0.0453. The van der Waals surface area contributed by atoms with Gasteiger partial charge in [0.05, 0.1) is 11.1 Å². The topological polar surface area (TPSA) is 61.3 Å². The first-order valence-electron chi connectivity index (χ1n) is 8.39. The van der Waals surface area contributed by atoms with Crippen molar-refractivity contribution in [2.24, 2.45) is 0 Å². The summed E-state index contributed by atoms with van der Waals surface area (Å²) in [6.07, 6.45) is 4.97. The van der Waals surface area contributed by atoms with Gasteiger partial charge in [-0.05, 0) is 41.8 Å². The first-order chi connectivity index (χ1) is 13.2. The lowest BCUT2D eigenvalue weighted by Gasteiger charge is -2.10. The second-order valence-electron chi connectivity index (χ2n) is 5.86. The molecule has 5 nitrogen and oxygen atoms in total. The molecule has 4 aromatic rings. The molecular weight excluding hydrogens is 364 g/mol. The van der Waals surface area contributed by atoms with Crippen molar-refractivity contribution in [2.45, 2.75) is 0 Å². The second-order valence-corrected chi connectivity index (χ2v) is 6.30. The number of carbonyl (C=O) groups is 1. The molecule has 0 fully saturated rings. The smallest absolute Gasteiger partial charge is 0.338 e. The zero-order valence-electron chi connectivity index (χ0n) is 14.3. The van der Waals surface area contributed by atoms with Gasteiger partial charge in [-0.25, -0.2) is 4.79 Å². The van der Waals surface area contributed by atoms with Crippen LogP contribution in [0.1, 0.15) is 10.4 Å². The Kier molecular flexibility index (Phi) is 4.85. The van der Waals surface area contributed by atoms with Gasteiger partial charge < -0.3 is 9.47 Å². The second kappa shape index (κ2) is 7.60. The molecule has 0 aliphatic carbocycles. The Morgan fingerprint density at radius 3 is 2.81 bits per heavy atom. The molecule has 0 aliphatic rings.